The number of hydrogen-bond donors (Lipinski definition) is 2. The molecule has 3 aromatic rings. The Morgan fingerprint density at radius 3 is 2.45 bits per heavy atom. The van der Waals surface area contributed by atoms with E-state index < -0.39 is 22.9 Å². The largest absolute Gasteiger partial charge is 0.453 e. The molecule has 0 saturated carbocycles. The normalized spacial score (nSPS) is 11.5. The van der Waals surface area contributed by atoms with Crippen molar-refractivity contribution in [2.45, 2.75) is 27.2 Å². The Bertz CT molecular complexity index is 1160. The summed E-state index contributed by atoms with van der Waals surface area (Å²) in [7, 11) is 0. The van der Waals surface area contributed by atoms with Gasteiger partial charge in [-0.15, -0.1) is 0 Å². The minimum atomic E-state index is -0.962. The van der Waals surface area contributed by atoms with Gasteiger partial charge in [-0.2, -0.15) is 0 Å². The number of fused-ring (bicyclic) bond motifs is 1. The summed E-state index contributed by atoms with van der Waals surface area (Å²) in [6, 6.07) is 4.98. The summed E-state index contributed by atoms with van der Waals surface area (Å²) >= 11 is 0. The quantitative estimate of drug-likeness (QED) is 0.390. The monoisotopic (exact) mass is 433 g/mol. The van der Waals surface area contributed by atoms with Gasteiger partial charge in [-0.3, -0.25) is 4.79 Å². The molecule has 0 aliphatic rings. The molecule has 0 radical (unpaired) electrons. The molecule has 31 heavy (non-hydrogen) atoms. The fourth-order valence-electron chi connectivity index (χ4n) is 3.49. The van der Waals surface area contributed by atoms with Crippen LogP contribution in [0.4, 0.5) is 24.5 Å². The first kappa shape index (κ1) is 22.7. The lowest BCUT2D eigenvalue weighted by Crippen LogP contribution is -2.25. The number of nitrogens with one attached hydrogen (secondary N) is 1. The molecule has 3 rings (SSSR count). The molecular weight excluding hydrogens is 407 g/mol. The second-order valence-corrected chi connectivity index (χ2v) is 7.35. The van der Waals surface area contributed by atoms with E-state index in [1.807, 2.05) is 0 Å². The zero-order valence-electron chi connectivity index (χ0n) is 17.8. The maximum atomic E-state index is 14.9. The third-order valence-corrected chi connectivity index (χ3v) is 5.41. The molecule has 0 bridgehead atoms. The topological polar surface area (TPSA) is 71.5 Å². The molecule has 5 nitrogen and oxygen atoms in total. The van der Waals surface area contributed by atoms with Gasteiger partial charge in [0.2, 0.25) is 0 Å². The van der Waals surface area contributed by atoms with E-state index in [4.69, 9.17) is 10.2 Å². The van der Waals surface area contributed by atoms with Crippen LogP contribution in [0.2, 0.25) is 0 Å². The van der Waals surface area contributed by atoms with Gasteiger partial charge < -0.3 is 20.4 Å². The highest BCUT2D eigenvalue weighted by molar-refractivity contribution is 5.92. The van der Waals surface area contributed by atoms with E-state index in [9.17, 15) is 18.0 Å². The van der Waals surface area contributed by atoms with E-state index in [0.29, 0.717) is 13.0 Å². The van der Waals surface area contributed by atoms with Crippen molar-refractivity contribution in [1.82, 2.24) is 4.90 Å². The van der Waals surface area contributed by atoms with E-state index in [1.165, 1.54) is 19.1 Å². The Hall–Kier alpha value is -3.00. The Morgan fingerprint density at radius 1 is 1.10 bits per heavy atom. The lowest BCUT2D eigenvalue weighted by atomic mass is 10.1. The summed E-state index contributed by atoms with van der Waals surface area (Å²) in [6.45, 7) is 8.41. The lowest BCUT2D eigenvalue weighted by molar-refractivity contribution is 0.303. The zero-order valence-corrected chi connectivity index (χ0v) is 17.8. The van der Waals surface area contributed by atoms with Crippen LogP contribution < -0.4 is 16.5 Å². The Labute approximate surface area is 178 Å². The summed E-state index contributed by atoms with van der Waals surface area (Å²) in [5, 5.41) is 2.73. The van der Waals surface area contributed by atoms with Crippen LogP contribution in [0.1, 0.15) is 25.8 Å². The highest BCUT2D eigenvalue weighted by Gasteiger charge is 2.22. The van der Waals surface area contributed by atoms with Crippen LogP contribution in [-0.2, 0) is 0 Å². The number of rotatable bonds is 8. The fraction of sp³-hybridized carbons (Fsp3) is 0.348. The summed E-state index contributed by atoms with van der Waals surface area (Å²) < 4.78 is 49.1. The van der Waals surface area contributed by atoms with Crippen molar-refractivity contribution in [1.29, 1.82) is 0 Å². The fourth-order valence-corrected chi connectivity index (χ4v) is 3.49. The van der Waals surface area contributed by atoms with Gasteiger partial charge in [0.05, 0.1) is 16.8 Å². The SMILES string of the molecule is CCN(CC)CCCNc1c(F)c(C)c(F)c2oc(-c3ccc(N)c(F)c3)cc(=O)c12. The number of nitrogen functional groups attached to an aromatic ring is 1. The molecule has 1 aromatic heterocycles. The standard InChI is InChI=1S/C23H26F3N3O2/c1-4-29(5-2)10-6-9-28-22-19-17(30)12-18(14-7-8-16(27)15(24)11-14)31-23(19)21(26)13(3)20(22)25/h7-8,11-12,28H,4-6,9-10,27H2,1-3H3. The minimum Gasteiger partial charge on any atom is -0.453 e. The minimum absolute atomic E-state index is 0.0335. The molecule has 1 heterocycles. The highest BCUT2D eigenvalue weighted by Crippen LogP contribution is 2.33. The van der Waals surface area contributed by atoms with E-state index in [1.54, 1.807) is 0 Å². The zero-order chi connectivity index (χ0) is 22.7. The van der Waals surface area contributed by atoms with Crippen molar-refractivity contribution in [3.8, 4) is 11.3 Å². The van der Waals surface area contributed by atoms with E-state index in [-0.39, 0.29) is 39.2 Å². The van der Waals surface area contributed by atoms with Crippen molar-refractivity contribution in [3.05, 3.63) is 57.5 Å². The average Bonchev–Trinajstić information content (AvgIpc) is 2.76. The van der Waals surface area contributed by atoms with Gasteiger partial charge in [-0.1, -0.05) is 13.8 Å². The summed E-state index contributed by atoms with van der Waals surface area (Å²) in [6.07, 6.45) is 0.715. The lowest BCUT2D eigenvalue weighted by Gasteiger charge is -2.18. The van der Waals surface area contributed by atoms with E-state index >= 15 is 0 Å². The summed E-state index contributed by atoms with van der Waals surface area (Å²) in [4.78, 5) is 15.1. The molecule has 0 unspecified atom stereocenters. The van der Waals surface area contributed by atoms with Gasteiger partial charge in [-0.25, -0.2) is 13.2 Å². The average molecular weight is 433 g/mol. The molecule has 8 heteroatoms. The molecule has 2 aromatic carbocycles. The molecule has 0 saturated heterocycles. The van der Waals surface area contributed by atoms with Crippen molar-refractivity contribution in [2.75, 3.05) is 37.2 Å². The van der Waals surface area contributed by atoms with Crippen LogP contribution in [0.3, 0.4) is 0 Å². The van der Waals surface area contributed by atoms with Gasteiger partial charge in [0, 0.05) is 23.7 Å². The van der Waals surface area contributed by atoms with Crippen LogP contribution in [0.25, 0.3) is 22.3 Å². The van der Waals surface area contributed by atoms with Crippen molar-refractivity contribution in [2.24, 2.45) is 0 Å². The van der Waals surface area contributed by atoms with Gasteiger partial charge in [0.25, 0.3) is 0 Å². The van der Waals surface area contributed by atoms with Crippen LogP contribution in [0, 0.1) is 24.4 Å². The molecule has 0 aliphatic carbocycles. The molecule has 0 fully saturated rings. The molecule has 3 N–H and O–H groups in total. The molecule has 166 valence electrons. The second kappa shape index (κ2) is 9.43. The molecule has 0 aliphatic heterocycles. The molecule has 0 amide bonds. The first-order chi connectivity index (χ1) is 14.8. The van der Waals surface area contributed by atoms with E-state index in [0.717, 1.165) is 31.8 Å². The number of anilines is 2. The van der Waals surface area contributed by atoms with Gasteiger partial charge in [0.1, 0.15) is 11.6 Å². The highest BCUT2D eigenvalue weighted by atomic mass is 19.1. The second-order valence-electron chi connectivity index (χ2n) is 7.35. The van der Waals surface area contributed by atoms with Crippen LogP contribution in [0.5, 0.6) is 0 Å². The predicted octanol–water partition coefficient (Wildman–Crippen LogP) is 4.91. The van der Waals surface area contributed by atoms with Gasteiger partial charge >= 0.3 is 0 Å². The first-order valence-corrected chi connectivity index (χ1v) is 10.2. The smallest absolute Gasteiger partial charge is 0.195 e. The van der Waals surface area contributed by atoms with Crippen molar-refractivity contribution >= 4 is 22.3 Å². The van der Waals surface area contributed by atoms with Crippen LogP contribution >= 0.6 is 0 Å². The van der Waals surface area contributed by atoms with E-state index in [2.05, 4.69) is 24.1 Å². The summed E-state index contributed by atoms with van der Waals surface area (Å²) in [5.74, 6) is -2.51. The first-order valence-electron chi connectivity index (χ1n) is 10.2. The third-order valence-electron chi connectivity index (χ3n) is 5.41. The van der Waals surface area contributed by atoms with Gasteiger partial charge in [0.15, 0.2) is 22.6 Å². The molecule has 0 atom stereocenters. The van der Waals surface area contributed by atoms with Crippen LogP contribution in [0.15, 0.2) is 33.5 Å². The Kier molecular flexibility index (Phi) is 6.90. The Morgan fingerprint density at radius 2 is 1.81 bits per heavy atom. The number of halogens is 3. The summed E-state index contributed by atoms with van der Waals surface area (Å²) in [5.41, 5.74) is 4.30. The molecular formula is C23H26F3N3O2. The predicted molar refractivity (Wildman–Crippen MR) is 118 cm³/mol. The maximum Gasteiger partial charge on any atom is 0.195 e. The maximum absolute atomic E-state index is 14.9. The Balaban J connectivity index is 2.03. The van der Waals surface area contributed by atoms with Crippen molar-refractivity contribution < 1.29 is 17.6 Å². The third kappa shape index (κ3) is 4.54. The number of benzene rings is 2. The number of nitrogens with zero attached hydrogens (tertiary/aromatic N) is 1. The number of hydrogen-bond acceptors (Lipinski definition) is 5. The van der Waals surface area contributed by atoms with Crippen LogP contribution in [-0.4, -0.2) is 31.1 Å². The number of nitrogens with two attached hydrogens (primary N) is 1. The molecule has 0 spiro atoms. The van der Waals surface area contributed by atoms with Gasteiger partial charge in [-0.05, 0) is 51.2 Å². The van der Waals surface area contributed by atoms with Crippen molar-refractivity contribution in [3.63, 3.8) is 0 Å².